The van der Waals surface area contributed by atoms with Crippen LogP contribution in [0.1, 0.15) is 26.7 Å². The molecule has 1 aromatic rings. The van der Waals surface area contributed by atoms with Crippen LogP contribution in [0.3, 0.4) is 0 Å². The Hall–Kier alpha value is -1.76. The van der Waals surface area contributed by atoms with Crippen molar-refractivity contribution < 1.29 is 0 Å². The second-order valence-electron chi connectivity index (χ2n) is 5.29. The summed E-state index contributed by atoms with van der Waals surface area (Å²) < 4.78 is 1.22. The van der Waals surface area contributed by atoms with Gasteiger partial charge in [-0.25, -0.2) is 4.79 Å². The minimum Gasteiger partial charge on any atom is -0.383 e. The van der Waals surface area contributed by atoms with Gasteiger partial charge in [-0.15, -0.1) is 0 Å². The highest BCUT2D eigenvalue weighted by Gasteiger charge is 2.09. The first-order valence-corrected chi connectivity index (χ1v) is 6.87. The molecule has 114 valence electrons. The monoisotopic (exact) mass is 283 g/mol. The number of anilines is 2. The Morgan fingerprint density at radius 1 is 1.35 bits per heavy atom. The number of hydrogen-bond donors (Lipinski definition) is 3. The number of aromatic amines is 1. The minimum atomic E-state index is -0.503. The van der Waals surface area contributed by atoms with Crippen LogP contribution in [0.2, 0.25) is 0 Å². The van der Waals surface area contributed by atoms with Crippen LogP contribution < -0.4 is 22.3 Å². The highest BCUT2D eigenvalue weighted by Crippen LogP contribution is 2.08. The molecule has 7 nitrogen and oxygen atoms in total. The topological polar surface area (TPSA) is 96.2 Å². The number of nitrogens with two attached hydrogens (primary N) is 1. The first kappa shape index (κ1) is 16.3. The number of nitrogens with zero attached hydrogens (tertiary/aromatic N) is 2. The lowest BCUT2D eigenvalue weighted by Gasteiger charge is -2.20. The van der Waals surface area contributed by atoms with E-state index in [1.54, 1.807) is 0 Å². The molecule has 0 unspecified atom stereocenters. The Morgan fingerprint density at radius 3 is 2.60 bits per heavy atom. The lowest BCUT2D eigenvalue weighted by atomic mass is 10.2. The van der Waals surface area contributed by atoms with Crippen molar-refractivity contribution in [3.8, 4) is 0 Å². The van der Waals surface area contributed by atoms with Gasteiger partial charge in [-0.3, -0.25) is 14.3 Å². The van der Waals surface area contributed by atoms with Gasteiger partial charge in [0.25, 0.3) is 5.56 Å². The van der Waals surface area contributed by atoms with Crippen molar-refractivity contribution in [2.75, 3.05) is 31.2 Å². The highest BCUT2D eigenvalue weighted by atomic mass is 16.2. The molecule has 0 atom stereocenters. The number of hydrogen-bond acceptors (Lipinski definition) is 5. The van der Waals surface area contributed by atoms with Gasteiger partial charge in [0.2, 0.25) is 0 Å². The molecule has 7 heteroatoms. The molecule has 0 spiro atoms. The maximum Gasteiger partial charge on any atom is 0.329 e. The molecule has 20 heavy (non-hydrogen) atoms. The molecule has 0 radical (unpaired) electrons. The van der Waals surface area contributed by atoms with Gasteiger partial charge in [0.05, 0.1) is 0 Å². The third-order valence-electron chi connectivity index (χ3n) is 3.49. The fourth-order valence-electron chi connectivity index (χ4n) is 1.77. The Labute approximate surface area is 118 Å². The Bertz CT molecular complexity index is 547. The number of aromatic nitrogens is 2. The summed E-state index contributed by atoms with van der Waals surface area (Å²) in [6, 6.07) is 0.532. The summed E-state index contributed by atoms with van der Waals surface area (Å²) in [6.45, 7) is 5.97. The average Bonchev–Trinajstić information content (AvgIpc) is 2.38. The second-order valence-corrected chi connectivity index (χ2v) is 5.29. The SMILES string of the molecule is CC(C)N(C)CCCCNc1c(N)n(C)c(=O)[nH]c1=O. The van der Waals surface area contributed by atoms with E-state index >= 15 is 0 Å². The van der Waals surface area contributed by atoms with Gasteiger partial charge in [-0.2, -0.15) is 0 Å². The van der Waals surface area contributed by atoms with Crippen LogP contribution in [0.4, 0.5) is 11.5 Å². The van der Waals surface area contributed by atoms with Crippen LogP contribution in [-0.2, 0) is 7.05 Å². The van der Waals surface area contributed by atoms with Gasteiger partial charge in [-0.1, -0.05) is 0 Å². The van der Waals surface area contributed by atoms with E-state index in [-0.39, 0.29) is 11.5 Å². The van der Waals surface area contributed by atoms with Gasteiger partial charge in [-0.05, 0) is 40.3 Å². The summed E-state index contributed by atoms with van der Waals surface area (Å²) in [5.74, 6) is 0.165. The van der Waals surface area contributed by atoms with Crippen molar-refractivity contribution in [1.82, 2.24) is 14.5 Å². The fourth-order valence-corrected chi connectivity index (χ4v) is 1.77. The van der Waals surface area contributed by atoms with Gasteiger partial charge < -0.3 is 16.0 Å². The average molecular weight is 283 g/mol. The molecule has 0 amide bonds. The minimum absolute atomic E-state index is 0.165. The van der Waals surface area contributed by atoms with E-state index in [0.717, 1.165) is 19.4 Å². The quantitative estimate of drug-likeness (QED) is 0.621. The molecule has 0 aromatic carbocycles. The Morgan fingerprint density at radius 2 is 2.00 bits per heavy atom. The lowest BCUT2D eigenvalue weighted by molar-refractivity contribution is 0.269. The predicted octanol–water partition coefficient (Wildman–Crippen LogP) is 0.188. The van der Waals surface area contributed by atoms with E-state index in [2.05, 4.69) is 36.1 Å². The van der Waals surface area contributed by atoms with Crippen LogP contribution >= 0.6 is 0 Å². The molecule has 0 aliphatic heterocycles. The number of H-pyrrole nitrogens is 1. The maximum atomic E-state index is 11.7. The molecule has 1 heterocycles. The first-order chi connectivity index (χ1) is 9.34. The first-order valence-electron chi connectivity index (χ1n) is 6.87. The number of nitrogen functional groups attached to an aromatic ring is 1. The van der Waals surface area contributed by atoms with Crippen LogP contribution in [0.25, 0.3) is 0 Å². The molecule has 0 aliphatic rings. The molecule has 0 bridgehead atoms. The van der Waals surface area contributed by atoms with Crippen LogP contribution in [-0.4, -0.2) is 40.6 Å². The highest BCUT2D eigenvalue weighted by molar-refractivity contribution is 5.60. The smallest absolute Gasteiger partial charge is 0.329 e. The Balaban J connectivity index is 2.50. The summed E-state index contributed by atoms with van der Waals surface area (Å²) in [5, 5.41) is 3.01. The van der Waals surface area contributed by atoms with E-state index in [1.165, 1.54) is 11.6 Å². The van der Waals surface area contributed by atoms with Crippen LogP contribution in [0.5, 0.6) is 0 Å². The van der Waals surface area contributed by atoms with Gasteiger partial charge >= 0.3 is 5.69 Å². The zero-order valence-electron chi connectivity index (χ0n) is 12.7. The molecule has 0 saturated heterocycles. The molecule has 1 rings (SSSR count). The third-order valence-corrected chi connectivity index (χ3v) is 3.49. The summed E-state index contributed by atoms with van der Waals surface area (Å²) in [6.07, 6.45) is 1.96. The van der Waals surface area contributed by atoms with E-state index in [1.807, 2.05) is 0 Å². The predicted molar refractivity (Wildman–Crippen MR) is 82.2 cm³/mol. The van der Waals surface area contributed by atoms with E-state index < -0.39 is 11.2 Å². The molecule has 1 aromatic heterocycles. The van der Waals surface area contributed by atoms with E-state index in [4.69, 9.17) is 5.73 Å². The zero-order valence-corrected chi connectivity index (χ0v) is 12.7. The van der Waals surface area contributed by atoms with Gasteiger partial charge in [0.1, 0.15) is 11.5 Å². The van der Waals surface area contributed by atoms with Crippen molar-refractivity contribution in [2.24, 2.45) is 7.05 Å². The summed E-state index contributed by atoms with van der Waals surface area (Å²) in [4.78, 5) is 27.5. The summed E-state index contributed by atoms with van der Waals surface area (Å²) >= 11 is 0. The van der Waals surface area contributed by atoms with Crippen molar-refractivity contribution >= 4 is 11.5 Å². The molecular weight excluding hydrogens is 258 g/mol. The molecule has 0 saturated carbocycles. The van der Waals surface area contributed by atoms with Gasteiger partial charge in [0.15, 0.2) is 0 Å². The normalized spacial score (nSPS) is 11.3. The lowest BCUT2D eigenvalue weighted by Crippen LogP contribution is -2.32. The number of nitrogens with one attached hydrogen (secondary N) is 2. The number of rotatable bonds is 7. The van der Waals surface area contributed by atoms with Crippen molar-refractivity contribution in [3.63, 3.8) is 0 Å². The van der Waals surface area contributed by atoms with Crippen molar-refractivity contribution in [2.45, 2.75) is 32.7 Å². The summed E-state index contributed by atoms with van der Waals surface area (Å²) in [5.41, 5.74) is 5.06. The van der Waals surface area contributed by atoms with Crippen LogP contribution in [0, 0.1) is 0 Å². The van der Waals surface area contributed by atoms with Crippen LogP contribution in [0.15, 0.2) is 9.59 Å². The molecule has 4 N–H and O–H groups in total. The maximum absolute atomic E-state index is 11.7. The number of unbranched alkanes of at least 4 members (excludes halogenated alkanes) is 1. The van der Waals surface area contributed by atoms with Crippen molar-refractivity contribution in [3.05, 3.63) is 20.8 Å². The molecule has 0 fully saturated rings. The molecule has 0 aliphatic carbocycles. The van der Waals surface area contributed by atoms with E-state index in [9.17, 15) is 9.59 Å². The standard InChI is InChI=1S/C13H25N5O2/c1-9(2)17(3)8-6-5-7-15-10-11(14)18(4)13(20)16-12(10)19/h9,15H,5-8,14H2,1-4H3,(H,16,19,20). The van der Waals surface area contributed by atoms with Crippen molar-refractivity contribution in [1.29, 1.82) is 0 Å². The van der Waals surface area contributed by atoms with Gasteiger partial charge in [0, 0.05) is 19.6 Å². The Kier molecular flexibility index (Phi) is 5.82. The summed E-state index contributed by atoms with van der Waals surface area (Å²) in [7, 11) is 3.62. The fraction of sp³-hybridized carbons (Fsp3) is 0.692. The third kappa shape index (κ3) is 4.12. The second kappa shape index (κ2) is 7.14. The molecular formula is C13H25N5O2. The largest absolute Gasteiger partial charge is 0.383 e. The zero-order chi connectivity index (χ0) is 15.3. The van der Waals surface area contributed by atoms with E-state index in [0.29, 0.717) is 12.6 Å².